The van der Waals surface area contributed by atoms with Crippen LogP contribution in [0.5, 0.6) is 5.75 Å². The Hall–Kier alpha value is -2.10. The molecule has 0 atom stereocenters. The zero-order valence-electron chi connectivity index (χ0n) is 10.8. The van der Waals surface area contributed by atoms with E-state index in [1.54, 1.807) is 7.11 Å². The Labute approximate surface area is 111 Å². The third kappa shape index (κ3) is 3.22. The average Bonchev–Trinajstić information content (AvgIpc) is 2.41. The smallest absolute Gasteiger partial charge is 0.146 e. The summed E-state index contributed by atoms with van der Waals surface area (Å²) in [7, 11) is 1.58. The van der Waals surface area contributed by atoms with Crippen LogP contribution in [0.2, 0.25) is 0 Å². The molecular weight excluding hydrogens is 248 g/mol. The molecule has 19 heavy (non-hydrogen) atoms. The molecule has 2 aromatic rings. The van der Waals surface area contributed by atoms with Gasteiger partial charge in [-0.2, -0.15) is 0 Å². The molecule has 2 rings (SSSR count). The van der Waals surface area contributed by atoms with Crippen molar-refractivity contribution >= 4 is 5.69 Å². The van der Waals surface area contributed by atoms with E-state index in [-0.39, 0.29) is 5.69 Å². The first-order valence-electron chi connectivity index (χ1n) is 5.92. The van der Waals surface area contributed by atoms with Crippen molar-refractivity contribution in [1.82, 2.24) is 0 Å². The van der Waals surface area contributed by atoms with Gasteiger partial charge in [-0.05, 0) is 36.2 Å². The first-order valence-corrected chi connectivity index (χ1v) is 5.92. The van der Waals surface area contributed by atoms with Crippen molar-refractivity contribution in [2.45, 2.75) is 13.5 Å². The van der Waals surface area contributed by atoms with Crippen molar-refractivity contribution in [3.8, 4) is 5.75 Å². The maximum atomic E-state index is 13.6. The van der Waals surface area contributed by atoms with Gasteiger partial charge in [-0.3, -0.25) is 0 Å². The average molecular weight is 263 g/mol. The highest BCUT2D eigenvalue weighted by Gasteiger charge is 2.07. The van der Waals surface area contributed by atoms with Gasteiger partial charge in [0, 0.05) is 12.6 Å². The standard InChI is InChI=1S/C15H15F2NO/c1-10-6-14(17)15(8-13(10)16)18-9-11-4-3-5-12(7-11)19-2/h3-8,18H,9H2,1-2H3. The number of hydrogen-bond donors (Lipinski definition) is 1. The molecule has 1 N–H and O–H groups in total. The summed E-state index contributed by atoms with van der Waals surface area (Å²) in [6, 6.07) is 9.76. The molecule has 0 unspecified atom stereocenters. The molecule has 100 valence electrons. The number of aryl methyl sites for hydroxylation is 1. The van der Waals surface area contributed by atoms with Crippen LogP contribution in [0.3, 0.4) is 0 Å². The molecule has 0 spiro atoms. The minimum Gasteiger partial charge on any atom is -0.497 e. The number of hydrogen-bond acceptors (Lipinski definition) is 2. The predicted octanol–water partition coefficient (Wildman–Crippen LogP) is 3.89. The van der Waals surface area contributed by atoms with Gasteiger partial charge in [0.25, 0.3) is 0 Å². The Balaban J connectivity index is 2.12. The molecule has 0 fully saturated rings. The van der Waals surface area contributed by atoms with E-state index in [0.717, 1.165) is 11.3 Å². The molecule has 0 heterocycles. The monoisotopic (exact) mass is 263 g/mol. The van der Waals surface area contributed by atoms with Gasteiger partial charge in [0.05, 0.1) is 12.8 Å². The van der Waals surface area contributed by atoms with Gasteiger partial charge in [-0.15, -0.1) is 0 Å². The molecule has 0 radical (unpaired) electrons. The topological polar surface area (TPSA) is 21.3 Å². The second kappa shape index (κ2) is 5.69. The largest absolute Gasteiger partial charge is 0.497 e. The molecule has 0 aliphatic rings. The van der Waals surface area contributed by atoms with Crippen LogP contribution in [0, 0.1) is 18.6 Å². The Morgan fingerprint density at radius 2 is 1.89 bits per heavy atom. The molecule has 0 bridgehead atoms. The first kappa shape index (κ1) is 13.3. The highest BCUT2D eigenvalue weighted by atomic mass is 19.1. The van der Waals surface area contributed by atoms with Crippen molar-refractivity contribution in [2.24, 2.45) is 0 Å². The number of methoxy groups -OCH3 is 1. The lowest BCUT2D eigenvalue weighted by Gasteiger charge is -2.10. The molecule has 0 amide bonds. The molecule has 0 aliphatic heterocycles. The van der Waals surface area contributed by atoms with Crippen molar-refractivity contribution in [2.75, 3.05) is 12.4 Å². The summed E-state index contributed by atoms with van der Waals surface area (Å²) in [5, 5.41) is 2.88. The maximum Gasteiger partial charge on any atom is 0.146 e. The fraction of sp³-hybridized carbons (Fsp3) is 0.200. The van der Waals surface area contributed by atoms with Gasteiger partial charge < -0.3 is 10.1 Å². The zero-order valence-corrected chi connectivity index (χ0v) is 10.8. The Morgan fingerprint density at radius 3 is 2.63 bits per heavy atom. The molecule has 0 saturated carbocycles. The minimum atomic E-state index is -0.457. The van der Waals surface area contributed by atoms with E-state index >= 15 is 0 Å². The second-order valence-corrected chi connectivity index (χ2v) is 4.29. The number of ether oxygens (including phenoxy) is 1. The second-order valence-electron chi connectivity index (χ2n) is 4.29. The highest BCUT2D eigenvalue weighted by molar-refractivity contribution is 5.47. The first-order chi connectivity index (χ1) is 9.10. The van der Waals surface area contributed by atoms with Crippen LogP contribution < -0.4 is 10.1 Å². The van der Waals surface area contributed by atoms with Crippen molar-refractivity contribution in [3.05, 3.63) is 59.2 Å². The van der Waals surface area contributed by atoms with Crippen LogP contribution >= 0.6 is 0 Å². The van der Waals surface area contributed by atoms with E-state index in [0.29, 0.717) is 12.1 Å². The fourth-order valence-corrected chi connectivity index (χ4v) is 1.76. The van der Waals surface area contributed by atoms with Crippen LogP contribution in [0.1, 0.15) is 11.1 Å². The number of rotatable bonds is 4. The fourth-order valence-electron chi connectivity index (χ4n) is 1.76. The zero-order chi connectivity index (χ0) is 13.8. The van der Waals surface area contributed by atoms with E-state index < -0.39 is 11.6 Å². The summed E-state index contributed by atoms with van der Waals surface area (Å²) in [5.74, 6) is -0.147. The minimum absolute atomic E-state index is 0.158. The van der Waals surface area contributed by atoms with Gasteiger partial charge in [0.2, 0.25) is 0 Å². The third-order valence-corrected chi connectivity index (χ3v) is 2.87. The number of nitrogens with one attached hydrogen (secondary N) is 1. The normalized spacial score (nSPS) is 10.3. The van der Waals surface area contributed by atoms with Crippen molar-refractivity contribution < 1.29 is 13.5 Å². The predicted molar refractivity (Wildman–Crippen MR) is 71.4 cm³/mol. The summed E-state index contributed by atoms with van der Waals surface area (Å²) in [4.78, 5) is 0. The molecule has 2 aromatic carbocycles. The quantitative estimate of drug-likeness (QED) is 0.903. The van der Waals surface area contributed by atoms with Gasteiger partial charge in [-0.1, -0.05) is 12.1 Å². The van der Waals surface area contributed by atoms with Crippen molar-refractivity contribution in [3.63, 3.8) is 0 Å². The molecular formula is C15H15F2NO. The summed E-state index contributed by atoms with van der Waals surface area (Å²) in [5.41, 5.74) is 1.38. The lowest BCUT2D eigenvalue weighted by Crippen LogP contribution is -2.03. The van der Waals surface area contributed by atoms with Crippen LogP contribution in [0.25, 0.3) is 0 Å². The van der Waals surface area contributed by atoms with Gasteiger partial charge in [-0.25, -0.2) is 8.78 Å². The Kier molecular flexibility index (Phi) is 4.00. The van der Waals surface area contributed by atoms with Crippen LogP contribution in [0.4, 0.5) is 14.5 Å². The van der Waals surface area contributed by atoms with E-state index in [4.69, 9.17) is 4.74 Å². The SMILES string of the molecule is COc1cccc(CNc2cc(F)c(C)cc2F)c1. The van der Waals surface area contributed by atoms with Gasteiger partial charge in [0.1, 0.15) is 17.4 Å². The van der Waals surface area contributed by atoms with Crippen LogP contribution in [-0.2, 0) is 6.54 Å². The molecule has 2 nitrogen and oxygen atoms in total. The molecule has 0 aliphatic carbocycles. The number of anilines is 1. The summed E-state index contributed by atoms with van der Waals surface area (Å²) < 4.78 is 32.1. The van der Waals surface area contributed by atoms with Crippen LogP contribution in [-0.4, -0.2) is 7.11 Å². The van der Waals surface area contributed by atoms with E-state index in [2.05, 4.69) is 5.32 Å². The van der Waals surface area contributed by atoms with E-state index in [9.17, 15) is 8.78 Å². The van der Waals surface area contributed by atoms with Crippen molar-refractivity contribution in [1.29, 1.82) is 0 Å². The summed E-state index contributed by atoms with van der Waals surface area (Å²) in [6.45, 7) is 1.93. The molecule has 4 heteroatoms. The van der Waals surface area contributed by atoms with Crippen LogP contribution in [0.15, 0.2) is 36.4 Å². The lowest BCUT2D eigenvalue weighted by atomic mass is 10.2. The van der Waals surface area contributed by atoms with Gasteiger partial charge >= 0.3 is 0 Å². The summed E-state index contributed by atoms with van der Waals surface area (Å²) in [6.07, 6.45) is 0. The lowest BCUT2D eigenvalue weighted by molar-refractivity contribution is 0.414. The molecule has 0 aromatic heterocycles. The third-order valence-electron chi connectivity index (χ3n) is 2.87. The van der Waals surface area contributed by atoms with Gasteiger partial charge in [0.15, 0.2) is 0 Å². The number of benzene rings is 2. The Morgan fingerprint density at radius 1 is 1.11 bits per heavy atom. The summed E-state index contributed by atoms with van der Waals surface area (Å²) >= 11 is 0. The molecule has 0 saturated heterocycles. The van der Waals surface area contributed by atoms with E-state index in [1.807, 2.05) is 24.3 Å². The maximum absolute atomic E-state index is 13.6. The Bertz CT molecular complexity index is 584. The highest BCUT2D eigenvalue weighted by Crippen LogP contribution is 2.20. The number of halogens is 2. The van der Waals surface area contributed by atoms with E-state index in [1.165, 1.54) is 19.1 Å².